The summed E-state index contributed by atoms with van der Waals surface area (Å²) in [6, 6.07) is 0.672. The van der Waals surface area contributed by atoms with E-state index in [-0.39, 0.29) is 0 Å². The highest BCUT2D eigenvalue weighted by Crippen LogP contribution is 2.28. The Bertz CT molecular complexity index is 429. The van der Waals surface area contributed by atoms with Crippen molar-refractivity contribution in [3.63, 3.8) is 0 Å². The molecule has 0 spiro atoms. The van der Waals surface area contributed by atoms with Crippen LogP contribution in [0, 0.1) is 17.8 Å². The molecule has 1 aliphatic heterocycles. The van der Waals surface area contributed by atoms with Crippen molar-refractivity contribution in [2.24, 2.45) is 17.8 Å². The highest BCUT2D eigenvalue weighted by atomic mass is 32.1. The van der Waals surface area contributed by atoms with E-state index in [1.807, 2.05) is 0 Å². The van der Waals surface area contributed by atoms with Crippen LogP contribution in [-0.4, -0.2) is 29.0 Å². The lowest BCUT2D eigenvalue weighted by molar-refractivity contribution is 0.0720. The summed E-state index contributed by atoms with van der Waals surface area (Å²) in [5.74, 6) is 2.29. The molecule has 2 heterocycles. The number of rotatable bonds is 6. The monoisotopic (exact) mass is 309 g/mol. The van der Waals surface area contributed by atoms with E-state index >= 15 is 0 Å². The summed E-state index contributed by atoms with van der Waals surface area (Å²) in [6.45, 7) is 15.8. The minimum absolute atomic E-state index is 0.672. The van der Waals surface area contributed by atoms with Crippen LogP contribution in [0.15, 0.2) is 5.38 Å². The smallest absolute Gasteiger partial charge is 0.107 e. The molecular formula is C17H31N3S. The first-order valence-corrected chi connectivity index (χ1v) is 9.21. The van der Waals surface area contributed by atoms with Crippen molar-refractivity contribution in [2.75, 3.05) is 13.1 Å². The van der Waals surface area contributed by atoms with Gasteiger partial charge in [-0.1, -0.05) is 27.7 Å². The molecule has 3 atom stereocenters. The summed E-state index contributed by atoms with van der Waals surface area (Å²) < 4.78 is 0. The molecule has 3 nitrogen and oxygen atoms in total. The van der Waals surface area contributed by atoms with Gasteiger partial charge in [-0.3, -0.25) is 4.90 Å². The number of aromatic nitrogens is 1. The van der Waals surface area contributed by atoms with E-state index < -0.39 is 0 Å². The van der Waals surface area contributed by atoms with E-state index in [1.165, 1.54) is 23.7 Å². The number of nitrogens with one attached hydrogen (secondary N) is 1. The third-order valence-electron chi connectivity index (χ3n) is 4.51. The summed E-state index contributed by atoms with van der Waals surface area (Å²) in [4.78, 5) is 7.41. The Hall–Kier alpha value is -0.450. The molecule has 1 aromatic rings. The molecule has 0 bridgehead atoms. The Balaban J connectivity index is 1.86. The Morgan fingerprint density at radius 1 is 1.38 bits per heavy atom. The molecule has 0 saturated carbocycles. The van der Waals surface area contributed by atoms with Crippen molar-refractivity contribution in [1.82, 2.24) is 15.2 Å². The van der Waals surface area contributed by atoms with Gasteiger partial charge in [0, 0.05) is 31.1 Å². The van der Waals surface area contributed by atoms with Gasteiger partial charge < -0.3 is 5.32 Å². The first-order chi connectivity index (χ1) is 9.95. The average molecular weight is 310 g/mol. The van der Waals surface area contributed by atoms with Crippen LogP contribution in [0.5, 0.6) is 0 Å². The van der Waals surface area contributed by atoms with Crippen LogP contribution in [0.4, 0.5) is 0 Å². The third kappa shape index (κ3) is 5.04. The quantitative estimate of drug-likeness (QED) is 0.867. The van der Waals surface area contributed by atoms with Crippen molar-refractivity contribution in [1.29, 1.82) is 0 Å². The maximum Gasteiger partial charge on any atom is 0.107 e. The maximum absolute atomic E-state index is 4.80. The van der Waals surface area contributed by atoms with Crippen LogP contribution in [0.1, 0.15) is 51.7 Å². The zero-order valence-electron chi connectivity index (χ0n) is 14.2. The summed E-state index contributed by atoms with van der Waals surface area (Å²) >= 11 is 1.79. The minimum Gasteiger partial charge on any atom is -0.310 e. The maximum atomic E-state index is 4.80. The van der Waals surface area contributed by atoms with Gasteiger partial charge in [-0.25, -0.2) is 4.98 Å². The number of piperidine rings is 1. The third-order valence-corrected chi connectivity index (χ3v) is 5.41. The van der Waals surface area contributed by atoms with Crippen molar-refractivity contribution in [2.45, 2.75) is 60.2 Å². The van der Waals surface area contributed by atoms with Crippen LogP contribution in [0.3, 0.4) is 0 Å². The summed E-state index contributed by atoms with van der Waals surface area (Å²) in [6.07, 6.45) is 1.36. The molecule has 3 unspecified atom stereocenters. The first-order valence-electron chi connectivity index (χ1n) is 8.33. The number of likely N-dealkylation sites (tertiary alicyclic amines) is 1. The molecule has 0 aliphatic carbocycles. The predicted molar refractivity (Wildman–Crippen MR) is 91.5 cm³/mol. The molecule has 0 radical (unpaired) electrons. The van der Waals surface area contributed by atoms with Gasteiger partial charge in [0.2, 0.25) is 0 Å². The molecule has 1 N–H and O–H groups in total. The molecule has 120 valence electrons. The van der Waals surface area contributed by atoms with Gasteiger partial charge in [0.05, 0.1) is 5.69 Å². The van der Waals surface area contributed by atoms with Crippen LogP contribution < -0.4 is 5.32 Å². The Labute approximate surface area is 134 Å². The lowest BCUT2D eigenvalue weighted by Gasteiger charge is -2.40. The molecule has 0 amide bonds. The van der Waals surface area contributed by atoms with Gasteiger partial charge in [0.25, 0.3) is 0 Å². The number of thiazole rings is 1. The van der Waals surface area contributed by atoms with Gasteiger partial charge in [-0.15, -0.1) is 11.3 Å². The first kappa shape index (κ1) is 16.9. The molecular weight excluding hydrogens is 278 g/mol. The lowest BCUT2D eigenvalue weighted by atomic mass is 9.86. The normalized spacial score (nSPS) is 27.4. The standard InChI is InChI=1S/C17H31N3S/c1-12(2)7-18-8-17-19-16(11-21-17)10-20-9-13(3)6-14(4)15(20)5/h11-15,18H,6-10H2,1-5H3. The second kappa shape index (κ2) is 7.70. The van der Waals surface area contributed by atoms with E-state index in [4.69, 9.17) is 4.98 Å². The van der Waals surface area contributed by atoms with Crippen molar-refractivity contribution in [3.05, 3.63) is 16.1 Å². The summed E-state index contributed by atoms with van der Waals surface area (Å²) in [5.41, 5.74) is 1.24. The number of nitrogens with zero attached hydrogens (tertiary/aromatic N) is 2. The number of hydrogen-bond donors (Lipinski definition) is 1. The lowest BCUT2D eigenvalue weighted by Crippen LogP contribution is -2.45. The number of hydrogen-bond acceptors (Lipinski definition) is 4. The molecule has 1 aliphatic rings. The van der Waals surface area contributed by atoms with Gasteiger partial charge in [-0.05, 0) is 37.6 Å². The van der Waals surface area contributed by atoms with Gasteiger partial charge in [0.1, 0.15) is 5.01 Å². The Morgan fingerprint density at radius 3 is 2.86 bits per heavy atom. The fraction of sp³-hybridized carbons (Fsp3) is 0.824. The van der Waals surface area contributed by atoms with Gasteiger partial charge >= 0.3 is 0 Å². The summed E-state index contributed by atoms with van der Waals surface area (Å²) in [5, 5.41) is 6.93. The molecule has 21 heavy (non-hydrogen) atoms. The van der Waals surface area contributed by atoms with E-state index in [2.05, 4.69) is 50.2 Å². The summed E-state index contributed by atoms with van der Waals surface area (Å²) in [7, 11) is 0. The Morgan fingerprint density at radius 2 is 2.14 bits per heavy atom. The topological polar surface area (TPSA) is 28.2 Å². The zero-order valence-corrected chi connectivity index (χ0v) is 15.0. The second-order valence-corrected chi connectivity index (χ2v) is 8.19. The predicted octanol–water partition coefficient (Wildman–Crippen LogP) is 3.76. The fourth-order valence-electron chi connectivity index (χ4n) is 3.22. The zero-order chi connectivity index (χ0) is 15.4. The minimum atomic E-state index is 0.672. The molecule has 0 aromatic carbocycles. The van der Waals surface area contributed by atoms with Crippen molar-refractivity contribution < 1.29 is 0 Å². The van der Waals surface area contributed by atoms with E-state index in [0.717, 1.165) is 31.5 Å². The SMILES string of the molecule is CC(C)CNCc1nc(CN2CC(C)CC(C)C2C)cs1. The largest absolute Gasteiger partial charge is 0.310 e. The van der Waals surface area contributed by atoms with Gasteiger partial charge in [0.15, 0.2) is 0 Å². The molecule has 4 heteroatoms. The van der Waals surface area contributed by atoms with Crippen molar-refractivity contribution >= 4 is 11.3 Å². The molecule has 1 aromatic heterocycles. The molecule has 2 rings (SSSR count). The van der Waals surface area contributed by atoms with E-state index in [0.29, 0.717) is 12.0 Å². The second-order valence-electron chi connectivity index (χ2n) is 7.25. The van der Waals surface area contributed by atoms with Crippen LogP contribution in [-0.2, 0) is 13.1 Å². The van der Waals surface area contributed by atoms with E-state index in [1.54, 1.807) is 11.3 Å². The molecule has 1 fully saturated rings. The van der Waals surface area contributed by atoms with Crippen LogP contribution in [0.25, 0.3) is 0 Å². The molecule has 1 saturated heterocycles. The van der Waals surface area contributed by atoms with Crippen LogP contribution >= 0.6 is 11.3 Å². The van der Waals surface area contributed by atoms with Crippen LogP contribution in [0.2, 0.25) is 0 Å². The highest BCUT2D eigenvalue weighted by Gasteiger charge is 2.28. The van der Waals surface area contributed by atoms with Gasteiger partial charge in [-0.2, -0.15) is 0 Å². The highest BCUT2D eigenvalue weighted by molar-refractivity contribution is 7.09. The van der Waals surface area contributed by atoms with Crippen molar-refractivity contribution in [3.8, 4) is 0 Å². The van der Waals surface area contributed by atoms with E-state index in [9.17, 15) is 0 Å². The Kier molecular flexibility index (Phi) is 6.20. The average Bonchev–Trinajstić information content (AvgIpc) is 2.82. The fourth-order valence-corrected chi connectivity index (χ4v) is 3.97.